The van der Waals surface area contributed by atoms with Gasteiger partial charge < -0.3 is 42.7 Å². The van der Waals surface area contributed by atoms with E-state index in [9.17, 15) is 5.11 Å². The first-order valence-electron chi connectivity index (χ1n) is 23.4. The Bertz CT molecular complexity index is 2980. The first-order chi connectivity index (χ1) is 33.9. The largest absolute Gasteiger partial charge is 0.386 e. The van der Waals surface area contributed by atoms with E-state index in [2.05, 4.69) is 19.6 Å². The fourth-order valence-corrected chi connectivity index (χ4v) is 10.5. The molecule has 0 bridgehead atoms. The van der Waals surface area contributed by atoms with Crippen molar-refractivity contribution in [2.45, 2.75) is 82.9 Å². The monoisotopic (exact) mass is 1000 g/mol. The number of imide groups is 1. The number of aromatic nitrogens is 2. The third kappa shape index (κ3) is 10.6. The molecule has 4 heterocycles. The van der Waals surface area contributed by atoms with Gasteiger partial charge in [0.05, 0.1) is 58.7 Å². The van der Waals surface area contributed by atoms with E-state index in [0.29, 0.717) is 56.2 Å². The van der Waals surface area contributed by atoms with E-state index in [1.807, 2.05) is 120 Å². The summed E-state index contributed by atoms with van der Waals surface area (Å²) >= 11 is 14.1. The third-order valence-electron chi connectivity index (χ3n) is 12.8. The Kier molecular flexibility index (Phi) is 15.5. The van der Waals surface area contributed by atoms with E-state index in [1.165, 1.54) is 0 Å². The molecule has 0 aliphatic carbocycles. The lowest BCUT2D eigenvalue weighted by molar-refractivity contribution is -0.271. The van der Waals surface area contributed by atoms with Crippen molar-refractivity contribution in [3.8, 4) is 0 Å². The highest BCUT2D eigenvalue weighted by atomic mass is 35.5. The molecule has 2 aliphatic heterocycles. The Morgan fingerprint density at radius 2 is 1.17 bits per heavy atom. The minimum Gasteiger partial charge on any atom is -0.386 e. The van der Waals surface area contributed by atoms with E-state index in [0.717, 1.165) is 27.6 Å². The first-order valence-corrected chi connectivity index (χ1v) is 27.9. The van der Waals surface area contributed by atoms with E-state index >= 15 is 9.59 Å². The summed E-state index contributed by atoms with van der Waals surface area (Å²) in [6, 6.07) is 40.9. The van der Waals surface area contributed by atoms with E-state index in [4.69, 9.17) is 51.6 Å². The van der Waals surface area contributed by atoms with Crippen LogP contribution < -0.4 is 0 Å². The molecule has 364 valence electrons. The number of aliphatic hydroxyl groups is 1. The summed E-state index contributed by atoms with van der Waals surface area (Å²) in [6.07, 6.45) is -1.30. The topological polar surface area (TPSA) is 123 Å². The van der Waals surface area contributed by atoms with E-state index in [-0.39, 0.29) is 44.4 Å². The summed E-state index contributed by atoms with van der Waals surface area (Å²) in [4.78, 5) is 31.5. The Balaban J connectivity index is 1.16. The van der Waals surface area contributed by atoms with Crippen LogP contribution in [0, 0.1) is 0 Å². The average molecular weight is 1000 g/mol. The molecule has 5 atom stereocenters. The van der Waals surface area contributed by atoms with Gasteiger partial charge in [-0.05, 0) is 34.9 Å². The number of carbonyl (C=O) groups is 2. The van der Waals surface area contributed by atoms with Crippen LogP contribution in [-0.4, -0.2) is 90.5 Å². The Hall–Kier alpha value is -5.42. The van der Waals surface area contributed by atoms with Crippen LogP contribution in [0.2, 0.25) is 35.7 Å². The molecular formula is C55H57Cl2N3O9Si. The molecule has 1 N–H and O–H groups in total. The SMILES string of the molecule is CO[C@H]1[C@H](OCc2ccccc2)[C@H](O)[C@@H](n2cc(C3=C(c4cn(COCC[Si](C)(C)C)c5c(Cl)cccc45)C(=O)N(COCc4ccccc4)C3=O)c3cccc(Cl)c32)O[C@@H]1COCc1ccccc1. The van der Waals surface area contributed by atoms with Gasteiger partial charge in [0.25, 0.3) is 11.8 Å². The predicted octanol–water partition coefficient (Wildman–Crippen LogP) is 10.7. The standard InChI is InChI=1S/C55H57Cl2N3O9Si/c1-64-51-45(33-66-30-36-16-8-5-9-17-36)69-55(50(61)52(51)68-32-38-20-12-7-13-21-38)59-29-42(40-23-15-25-44(57)49(40)59)47-46(53(62)60(54(47)63)35-67-31-37-18-10-6-11-19-37)41-28-58(34-65-26-27-70(2,3)4)48-39(41)22-14-24-43(48)56/h5-25,28-29,45,50-52,55,61H,26-27,30-35H2,1-4H3/t45-,50+,51-,52-,55+/m1/s1. The van der Waals surface area contributed by atoms with Crippen LogP contribution in [0.25, 0.3) is 33.0 Å². The molecule has 7 aromatic rings. The molecule has 0 unspecified atom stereocenters. The summed E-state index contributed by atoms with van der Waals surface area (Å²) in [6.45, 7) is 8.07. The van der Waals surface area contributed by atoms with Crippen LogP contribution in [0.5, 0.6) is 0 Å². The zero-order valence-corrected chi connectivity index (χ0v) is 42.1. The molecule has 0 spiro atoms. The maximum Gasteiger partial charge on any atom is 0.264 e. The third-order valence-corrected chi connectivity index (χ3v) is 15.1. The maximum atomic E-state index is 15.2. The quantitative estimate of drug-likeness (QED) is 0.0452. The zero-order valence-electron chi connectivity index (χ0n) is 39.6. The second-order valence-corrected chi connectivity index (χ2v) is 25.3. The summed E-state index contributed by atoms with van der Waals surface area (Å²) in [7, 11) is 0.160. The molecule has 5 aromatic carbocycles. The van der Waals surface area contributed by atoms with Crippen molar-refractivity contribution in [3.63, 3.8) is 0 Å². The van der Waals surface area contributed by atoms with Crippen molar-refractivity contribution in [1.29, 1.82) is 0 Å². The highest BCUT2D eigenvalue weighted by Gasteiger charge is 2.49. The van der Waals surface area contributed by atoms with Crippen molar-refractivity contribution in [1.82, 2.24) is 14.0 Å². The van der Waals surface area contributed by atoms with Crippen molar-refractivity contribution in [3.05, 3.63) is 178 Å². The smallest absolute Gasteiger partial charge is 0.264 e. The number of aliphatic hydroxyl groups excluding tert-OH is 1. The van der Waals surface area contributed by atoms with Crippen molar-refractivity contribution in [2.24, 2.45) is 0 Å². The predicted molar refractivity (Wildman–Crippen MR) is 275 cm³/mol. The van der Waals surface area contributed by atoms with Crippen molar-refractivity contribution < 1.29 is 43.1 Å². The number of rotatable bonds is 20. The molecule has 1 fully saturated rings. The van der Waals surface area contributed by atoms with Gasteiger partial charge in [-0.25, -0.2) is 4.90 Å². The Morgan fingerprint density at radius 3 is 1.76 bits per heavy atom. The molecule has 15 heteroatoms. The van der Waals surface area contributed by atoms with Gasteiger partial charge in [-0.15, -0.1) is 0 Å². The molecule has 0 radical (unpaired) electrons. The van der Waals surface area contributed by atoms with Crippen molar-refractivity contribution in [2.75, 3.05) is 27.1 Å². The fourth-order valence-electron chi connectivity index (χ4n) is 9.23. The van der Waals surface area contributed by atoms with Gasteiger partial charge >= 0.3 is 0 Å². The van der Waals surface area contributed by atoms with Crippen LogP contribution in [0.15, 0.2) is 140 Å². The van der Waals surface area contributed by atoms with Gasteiger partial charge in [0.2, 0.25) is 0 Å². The summed E-state index contributed by atoms with van der Waals surface area (Å²) in [5.41, 5.74) is 5.07. The van der Waals surface area contributed by atoms with E-state index in [1.54, 1.807) is 36.1 Å². The number of ether oxygens (including phenoxy) is 6. The van der Waals surface area contributed by atoms with Gasteiger partial charge in [0.15, 0.2) is 6.23 Å². The highest BCUT2D eigenvalue weighted by Crippen LogP contribution is 2.45. The molecule has 70 heavy (non-hydrogen) atoms. The second-order valence-electron chi connectivity index (χ2n) is 18.9. The van der Waals surface area contributed by atoms with Gasteiger partial charge in [0, 0.05) is 56.1 Å². The molecule has 2 aromatic heterocycles. The van der Waals surface area contributed by atoms with Gasteiger partial charge in [-0.3, -0.25) is 9.59 Å². The summed E-state index contributed by atoms with van der Waals surface area (Å²) in [5, 5.41) is 14.5. The van der Waals surface area contributed by atoms with Gasteiger partial charge in [-0.2, -0.15) is 0 Å². The van der Waals surface area contributed by atoms with Crippen LogP contribution >= 0.6 is 23.2 Å². The molecule has 12 nitrogen and oxygen atoms in total. The van der Waals surface area contributed by atoms with Crippen molar-refractivity contribution >= 4 is 76.0 Å². The lowest BCUT2D eigenvalue weighted by Gasteiger charge is -2.44. The molecule has 1 saturated heterocycles. The normalized spacial score (nSPS) is 19.9. The lowest BCUT2D eigenvalue weighted by atomic mass is 9.95. The number of hydrogen-bond acceptors (Lipinski definition) is 9. The van der Waals surface area contributed by atoms with Gasteiger partial charge in [0.1, 0.15) is 37.9 Å². The number of halogens is 2. The van der Waals surface area contributed by atoms with Crippen LogP contribution in [0.3, 0.4) is 0 Å². The number of carbonyl (C=O) groups excluding carboxylic acids is 2. The number of benzene rings is 5. The first kappa shape index (κ1) is 49.6. The van der Waals surface area contributed by atoms with E-state index < -0.39 is 50.5 Å². The molecule has 9 rings (SSSR count). The Morgan fingerprint density at radius 1 is 0.629 bits per heavy atom. The molecule has 2 aliphatic rings. The van der Waals surface area contributed by atoms with Crippen LogP contribution in [0.4, 0.5) is 0 Å². The number of fused-ring (bicyclic) bond motifs is 2. The minimum atomic E-state index is -1.40. The van der Waals surface area contributed by atoms with Gasteiger partial charge in [-0.1, -0.05) is 158 Å². The molecule has 0 saturated carbocycles. The zero-order chi connectivity index (χ0) is 48.9. The Labute approximate surface area is 418 Å². The number of amides is 2. The average Bonchev–Trinajstić information content (AvgIpc) is 4.00. The van der Waals surface area contributed by atoms with Crippen LogP contribution in [-0.2, 0) is 64.6 Å². The number of hydrogen-bond donors (Lipinski definition) is 1. The maximum absolute atomic E-state index is 15.2. The second kappa shape index (κ2) is 21.9. The summed E-state index contributed by atoms with van der Waals surface area (Å²) < 4.78 is 41.7. The highest BCUT2D eigenvalue weighted by molar-refractivity contribution is 6.76. The number of para-hydroxylation sites is 2. The number of nitrogens with zero attached hydrogens (tertiary/aromatic N) is 3. The molecule has 2 amide bonds. The molecular weight excluding hydrogens is 946 g/mol. The number of methoxy groups -OCH3 is 1. The minimum absolute atomic E-state index is 0.0936. The van der Waals surface area contributed by atoms with Crippen LogP contribution in [0.1, 0.15) is 34.0 Å². The lowest BCUT2D eigenvalue weighted by Crippen LogP contribution is -2.58. The summed E-state index contributed by atoms with van der Waals surface area (Å²) in [5.74, 6) is -1.11. The fraction of sp³-hybridized carbons (Fsp3) is 0.309.